The van der Waals surface area contributed by atoms with Crippen LogP contribution in [0, 0.1) is 23.7 Å². The van der Waals surface area contributed by atoms with Crippen molar-refractivity contribution in [3.8, 4) is 11.1 Å². The molecule has 3 amide bonds. The summed E-state index contributed by atoms with van der Waals surface area (Å²) in [5, 5.41) is 3.10. The summed E-state index contributed by atoms with van der Waals surface area (Å²) in [5.74, 6) is -1.31. The number of benzene rings is 2. The van der Waals surface area contributed by atoms with Gasteiger partial charge in [-0.05, 0) is 54.7 Å². The average molecular weight is 490 g/mol. The van der Waals surface area contributed by atoms with Crippen molar-refractivity contribution < 1.29 is 14.4 Å². The van der Waals surface area contributed by atoms with Crippen LogP contribution in [0.2, 0.25) is 0 Å². The highest BCUT2D eigenvalue weighted by atomic mass is 16.2. The van der Waals surface area contributed by atoms with Gasteiger partial charge >= 0.3 is 0 Å². The van der Waals surface area contributed by atoms with Crippen LogP contribution >= 0.6 is 0 Å². The fourth-order valence-corrected chi connectivity index (χ4v) is 5.66. The topological polar surface area (TPSA) is 92.5 Å². The van der Waals surface area contributed by atoms with E-state index in [2.05, 4.69) is 5.32 Å². The molecule has 2 aliphatic rings. The Kier molecular flexibility index (Phi) is 8.12. The maximum Gasteiger partial charge on any atom is 0.254 e. The van der Waals surface area contributed by atoms with Gasteiger partial charge in [0.05, 0.1) is 5.69 Å². The smallest absolute Gasteiger partial charge is 0.254 e. The van der Waals surface area contributed by atoms with Gasteiger partial charge in [0.2, 0.25) is 11.8 Å². The summed E-state index contributed by atoms with van der Waals surface area (Å²) in [6, 6.07) is 15.0. The first-order chi connectivity index (χ1) is 17.3. The minimum Gasteiger partial charge on any atom is -0.369 e. The van der Waals surface area contributed by atoms with E-state index in [-0.39, 0.29) is 17.7 Å². The number of amides is 3. The Labute approximate surface area is 214 Å². The van der Waals surface area contributed by atoms with E-state index in [0.717, 1.165) is 41.6 Å². The second-order valence-electron chi connectivity index (χ2n) is 10.8. The van der Waals surface area contributed by atoms with E-state index >= 15 is 0 Å². The van der Waals surface area contributed by atoms with Gasteiger partial charge in [0.15, 0.2) is 0 Å². The molecule has 0 spiro atoms. The molecule has 0 saturated heterocycles. The predicted molar refractivity (Wildman–Crippen MR) is 143 cm³/mol. The number of para-hydroxylation sites is 1. The van der Waals surface area contributed by atoms with Crippen molar-refractivity contribution in [1.82, 2.24) is 5.32 Å². The van der Waals surface area contributed by atoms with E-state index in [9.17, 15) is 14.4 Å². The van der Waals surface area contributed by atoms with Crippen LogP contribution in [0.1, 0.15) is 70.9 Å². The van der Waals surface area contributed by atoms with Crippen LogP contribution in [-0.4, -0.2) is 24.3 Å². The lowest BCUT2D eigenvalue weighted by Gasteiger charge is -2.34. The molecule has 6 nitrogen and oxygen atoms in total. The number of nitrogens with one attached hydrogen (secondary N) is 1. The Morgan fingerprint density at radius 1 is 1.03 bits per heavy atom. The van der Waals surface area contributed by atoms with E-state index in [4.69, 9.17) is 5.73 Å². The van der Waals surface area contributed by atoms with Crippen molar-refractivity contribution in [3.05, 3.63) is 54.1 Å². The van der Waals surface area contributed by atoms with Crippen molar-refractivity contribution in [2.24, 2.45) is 29.4 Å². The fourth-order valence-electron chi connectivity index (χ4n) is 5.66. The maximum absolute atomic E-state index is 14.2. The largest absolute Gasteiger partial charge is 0.369 e. The van der Waals surface area contributed by atoms with Gasteiger partial charge in [-0.2, -0.15) is 0 Å². The van der Waals surface area contributed by atoms with Crippen molar-refractivity contribution in [1.29, 1.82) is 0 Å². The number of hydrogen-bond acceptors (Lipinski definition) is 3. The molecule has 1 heterocycles. The Hall–Kier alpha value is -3.15. The summed E-state index contributed by atoms with van der Waals surface area (Å²) >= 11 is 0. The molecule has 3 unspecified atom stereocenters. The minimum absolute atomic E-state index is 0.123. The van der Waals surface area contributed by atoms with Crippen LogP contribution in [-0.2, 0) is 14.4 Å². The van der Waals surface area contributed by atoms with Crippen molar-refractivity contribution in [2.45, 2.75) is 65.3 Å². The monoisotopic (exact) mass is 489 g/mol. The quantitative estimate of drug-likeness (QED) is 0.479. The molecule has 3 atom stereocenters. The lowest BCUT2D eigenvalue weighted by Crippen LogP contribution is -2.48. The SMILES string of the molecule is CCCC(C(N)=O)C(CC(C)C)C(=O)NC1C(=O)N(CC2CCC2)c2ccccc2-c2ccccc21. The summed E-state index contributed by atoms with van der Waals surface area (Å²) in [6.07, 6.45) is 5.26. The van der Waals surface area contributed by atoms with Crippen molar-refractivity contribution in [2.75, 3.05) is 11.4 Å². The summed E-state index contributed by atoms with van der Waals surface area (Å²) in [6.45, 7) is 6.70. The van der Waals surface area contributed by atoms with E-state index in [1.165, 1.54) is 6.42 Å². The summed E-state index contributed by atoms with van der Waals surface area (Å²) in [4.78, 5) is 42.2. The number of hydrogen-bond donors (Lipinski definition) is 2. The van der Waals surface area contributed by atoms with E-state index in [0.29, 0.717) is 25.3 Å². The summed E-state index contributed by atoms with van der Waals surface area (Å²) in [5.41, 5.74) is 9.38. The van der Waals surface area contributed by atoms with Crippen LogP contribution < -0.4 is 16.0 Å². The molecule has 192 valence electrons. The maximum atomic E-state index is 14.2. The van der Waals surface area contributed by atoms with Gasteiger partial charge in [-0.25, -0.2) is 0 Å². The van der Waals surface area contributed by atoms with Crippen LogP contribution in [0.25, 0.3) is 11.1 Å². The number of rotatable bonds is 10. The zero-order valence-corrected chi connectivity index (χ0v) is 21.7. The highest BCUT2D eigenvalue weighted by Gasteiger charge is 2.39. The molecule has 0 radical (unpaired) electrons. The first-order valence-corrected chi connectivity index (χ1v) is 13.4. The number of nitrogens with zero attached hydrogens (tertiary/aromatic N) is 1. The number of fused-ring (bicyclic) bond motifs is 3. The van der Waals surface area contributed by atoms with Gasteiger partial charge < -0.3 is 16.0 Å². The number of anilines is 1. The molecule has 36 heavy (non-hydrogen) atoms. The van der Waals surface area contributed by atoms with Gasteiger partial charge in [0.1, 0.15) is 6.04 Å². The normalized spacial score (nSPS) is 19.1. The molecular formula is C30H39N3O3. The predicted octanol–water partition coefficient (Wildman–Crippen LogP) is 5.22. The highest BCUT2D eigenvalue weighted by molar-refractivity contribution is 6.06. The van der Waals surface area contributed by atoms with E-state index in [1.807, 2.05) is 74.2 Å². The fraction of sp³-hybridized carbons (Fsp3) is 0.500. The zero-order chi connectivity index (χ0) is 25.8. The first-order valence-electron chi connectivity index (χ1n) is 13.4. The second kappa shape index (κ2) is 11.3. The molecule has 3 N–H and O–H groups in total. The molecule has 4 rings (SSSR count). The van der Waals surface area contributed by atoms with Gasteiger partial charge in [0.25, 0.3) is 5.91 Å². The van der Waals surface area contributed by atoms with E-state index in [1.54, 1.807) is 0 Å². The average Bonchev–Trinajstić information content (AvgIpc) is 2.92. The number of primary amides is 1. The zero-order valence-electron chi connectivity index (χ0n) is 21.7. The van der Waals surface area contributed by atoms with Crippen LogP contribution in [0.15, 0.2) is 48.5 Å². The summed E-state index contributed by atoms with van der Waals surface area (Å²) in [7, 11) is 0. The molecule has 0 aromatic heterocycles. The van der Waals surface area contributed by atoms with Gasteiger partial charge in [-0.15, -0.1) is 0 Å². The van der Waals surface area contributed by atoms with Crippen molar-refractivity contribution >= 4 is 23.4 Å². The van der Waals surface area contributed by atoms with Crippen LogP contribution in [0.4, 0.5) is 5.69 Å². The van der Waals surface area contributed by atoms with Crippen molar-refractivity contribution in [3.63, 3.8) is 0 Å². The highest BCUT2D eigenvalue weighted by Crippen LogP contribution is 2.42. The van der Waals surface area contributed by atoms with E-state index < -0.39 is 23.8 Å². The lowest BCUT2D eigenvalue weighted by atomic mass is 9.81. The molecule has 1 saturated carbocycles. The molecule has 2 aromatic carbocycles. The summed E-state index contributed by atoms with van der Waals surface area (Å²) < 4.78 is 0. The van der Waals surface area contributed by atoms with Gasteiger partial charge in [-0.1, -0.05) is 76.1 Å². The standard InChI is InChI=1S/C30H39N3O3/c1-4-10-24(28(31)34)25(17-19(2)3)29(35)32-27-23-15-6-5-13-21(23)22-14-7-8-16-26(22)33(30(27)36)18-20-11-9-12-20/h5-8,13-16,19-20,24-25,27H,4,9-12,17-18H2,1-3H3,(H2,31,34)(H,32,35). The Morgan fingerprint density at radius 3 is 2.31 bits per heavy atom. The molecule has 6 heteroatoms. The van der Waals surface area contributed by atoms with Gasteiger partial charge in [0, 0.05) is 23.9 Å². The molecule has 0 bridgehead atoms. The molecule has 2 aromatic rings. The third-order valence-corrected chi connectivity index (χ3v) is 7.73. The molecule has 1 aliphatic heterocycles. The first kappa shape index (κ1) is 25.9. The molecular weight excluding hydrogens is 450 g/mol. The Balaban J connectivity index is 1.74. The van der Waals surface area contributed by atoms with Crippen LogP contribution in [0.3, 0.4) is 0 Å². The third-order valence-electron chi connectivity index (χ3n) is 7.73. The number of nitrogens with two attached hydrogens (primary N) is 1. The van der Waals surface area contributed by atoms with Gasteiger partial charge in [-0.3, -0.25) is 14.4 Å². The number of carbonyl (C=O) groups is 3. The second-order valence-corrected chi connectivity index (χ2v) is 10.8. The van der Waals surface area contributed by atoms with Crippen LogP contribution in [0.5, 0.6) is 0 Å². The number of carbonyl (C=O) groups excluding carboxylic acids is 3. The Bertz CT molecular complexity index is 1110. The molecule has 1 fully saturated rings. The Morgan fingerprint density at radius 2 is 1.69 bits per heavy atom. The third kappa shape index (κ3) is 5.32. The lowest BCUT2D eigenvalue weighted by molar-refractivity contribution is -0.136. The molecule has 1 aliphatic carbocycles. The minimum atomic E-state index is -0.828.